The van der Waals surface area contributed by atoms with Gasteiger partial charge in [0.25, 0.3) is 11.8 Å². The molecule has 154 valence electrons. The Morgan fingerprint density at radius 1 is 0.966 bits per heavy atom. The van der Waals surface area contributed by atoms with Crippen molar-refractivity contribution in [3.8, 4) is 0 Å². The van der Waals surface area contributed by atoms with Gasteiger partial charge in [-0.15, -0.1) is 0 Å². The second kappa shape index (κ2) is 7.80. The van der Waals surface area contributed by atoms with Crippen LogP contribution in [0.25, 0.3) is 0 Å². The van der Waals surface area contributed by atoms with Gasteiger partial charge in [0.1, 0.15) is 0 Å². The molecule has 1 aliphatic rings. The van der Waals surface area contributed by atoms with Crippen LogP contribution < -0.4 is 0 Å². The third-order valence-electron chi connectivity index (χ3n) is 4.88. The molecule has 1 atom stereocenters. The first-order chi connectivity index (χ1) is 13.5. The van der Waals surface area contributed by atoms with Gasteiger partial charge in [0.15, 0.2) is 20.7 Å². The van der Waals surface area contributed by atoms with Gasteiger partial charge in [0, 0.05) is 11.1 Å². The topological polar surface area (TPSA) is 46.6 Å². The molecule has 0 N–H and O–H groups in total. The normalized spacial score (nSPS) is 15.2. The molecule has 0 saturated carbocycles. The number of amides is 2. The number of carbonyl (C=O) groups excluding carboxylic acids is 2. The van der Waals surface area contributed by atoms with E-state index in [-0.39, 0.29) is 28.8 Å². The molecule has 7 heteroatoms. The van der Waals surface area contributed by atoms with E-state index in [4.69, 9.17) is 4.43 Å². The Bertz CT molecular complexity index is 934. The van der Waals surface area contributed by atoms with E-state index in [1.54, 1.807) is 24.3 Å². The van der Waals surface area contributed by atoms with Crippen molar-refractivity contribution >= 4 is 20.9 Å². The number of carbonyl (C=O) groups is 2. The molecule has 0 fully saturated rings. The van der Waals surface area contributed by atoms with Gasteiger partial charge in [-0.1, -0.05) is 45.0 Å². The molecule has 0 bridgehead atoms. The van der Waals surface area contributed by atoms with E-state index in [1.807, 2.05) is 33.9 Å². The van der Waals surface area contributed by atoms with Crippen molar-refractivity contribution in [1.29, 1.82) is 0 Å². The first-order valence-electron chi connectivity index (χ1n) is 9.59. The van der Waals surface area contributed by atoms with Crippen LogP contribution in [0.4, 0.5) is 8.78 Å². The van der Waals surface area contributed by atoms with Crippen LogP contribution in [0.3, 0.4) is 0 Å². The highest BCUT2D eigenvalue weighted by molar-refractivity contribution is 6.48. The molecule has 2 amide bonds. The van der Waals surface area contributed by atoms with Gasteiger partial charge in [-0.2, -0.15) is 0 Å². The third-order valence-corrected chi connectivity index (χ3v) is 5.69. The maximum Gasteiger partial charge on any atom is 0.261 e. The highest BCUT2D eigenvalue weighted by atomic mass is 28.3. The molecule has 2 aromatic carbocycles. The fourth-order valence-electron chi connectivity index (χ4n) is 3.50. The Labute approximate surface area is 171 Å². The summed E-state index contributed by atoms with van der Waals surface area (Å²) >= 11 is 0. The molecule has 0 spiro atoms. The summed E-state index contributed by atoms with van der Waals surface area (Å²) in [6.45, 7) is 9.37. The van der Waals surface area contributed by atoms with E-state index in [9.17, 15) is 18.4 Å². The van der Waals surface area contributed by atoms with E-state index in [0.29, 0.717) is 0 Å². The van der Waals surface area contributed by atoms with Crippen molar-refractivity contribution in [3.63, 3.8) is 0 Å². The van der Waals surface area contributed by atoms with Crippen molar-refractivity contribution in [2.75, 3.05) is 0 Å². The molecule has 0 saturated heterocycles. The number of hydrogen-bond acceptors (Lipinski definition) is 3. The third kappa shape index (κ3) is 4.02. The highest BCUT2D eigenvalue weighted by Gasteiger charge is 2.36. The van der Waals surface area contributed by atoms with Crippen LogP contribution >= 0.6 is 0 Å². The van der Waals surface area contributed by atoms with E-state index in [0.717, 1.165) is 4.90 Å². The molecule has 29 heavy (non-hydrogen) atoms. The van der Waals surface area contributed by atoms with Crippen molar-refractivity contribution < 1.29 is 22.8 Å². The second-order valence-electron chi connectivity index (χ2n) is 8.61. The lowest BCUT2D eigenvalue weighted by molar-refractivity contribution is 0.0639. The number of imide groups is 1. The molecule has 0 radical (unpaired) electrons. The molecular formula is C22H25F2NO3Si. The van der Waals surface area contributed by atoms with Crippen LogP contribution in [-0.4, -0.2) is 25.8 Å². The van der Waals surface area contributed by atoms with Crippen LogP contribution in [0.1, 0.15) is 58.7 Å². The number of rotatable bonds is 5. The Morgan fingerprint density at radius 3 is 2.00 bits per heavy atom. The van der Waals surface area contributed by atoms with Crippen LogP contribution in [0.15, 0.2) is 36.4 Å². The maximum atomic E-state index is 15.0. The molecule has 1 aliphatic heterocycles. The Hall–Kier alpha value is -2.38. The zero-order valence-electron chi connectivity index (χ0n) is 17.3. The minimum Gasteiger partial charge on any atom is -0.413 e. The van der Waals surface area contributed by atoms with Gasteiger partial charge in [0.05, 0.1) is 23.8 Å². The van der Waals surface area contributed by atoms with Crippen LogP contribution in [0.5, 0.6) is 0 Å². The SMILES string of the molecule is C[SiH](C)OC(c1ccc(CN2C(=O)c3ccccc3C2=O)c(F)c1F)C(C)(C)C. The molecule has 0 aromatic heterocycles. The summed E-state index contributed by atoms with van der Waals surface area (Å²) in [5, 5.41) is 0. The van der Waals surface area contributed by atoms with Crippen molar-refractivity contribution in [3.05, 3.63) is 70.3 Å². The molecule has 3 rings (SSSR count). The quantitative estimate of drug-likeness (QED) is 0.516. The lowest BCUT2D eigenvalue weighted by Crippen LogP contribution is -2.30. The predicted molar refractivity (Wildman–Crippen MR) is 109 cm³/mol. The monoisotopic (exact) mass is 417 g/mol. The molecule has 4 nitrogen and oxygen atoms in total. The summed E-state index contributed by atoms with van der Waals surface area (Å²) in [7, 11) is -1.51. The van der Waals surface area contributed by atoms with Gasteiger partial charge < -0.3 is 4.43 Å². The fourth-order valence-corrected chi connectivity index (χ4v) is 4.60. The maximum absolute atomic E-state index is 15.0. The zero-order chi connectivity index (χ0) is 21.5. The molecule has 1 unspecified atom stereocenters. The number of benzene rings is 2. The molecular weight excluding hydrogens is 392 g/mol. The Balaban J connectivity index is 1.93. The standard InChI is InChI=1S/C22H25F2NO3Si/c1-22(2,3)19(28-29(4)5)16-11-10-13(17(23)18(16)24)12-25-20(26)14-8-6-7-9-15(14)21(25)27/h6-11,19,29H,12H2,1-5H3. The van der Waals surface area contributed by atoms with Crippen molar-refractivity contribution in [1.82, 2.24) is 4.90 Å². The van der Waals surface area contributed by atoms with E-state index < -0.39 is 44.0 Å². The summed E-state index contributed by atoms with van der Waals surface area (Å²) in [5.41, 5.74) is 0.239. The smallest absolute Gasteiger partial charge is 0.261 e. The summed E-state index contributed by atoms with van der Waals surface area (Å²) in [5.74, 6) is -3.05. The van der Waals surface area contributed by atoms with Crippen LogP contribution in [0.2, 0.25) is 13.1 Å². The van der Waals surface area contributed by atoms with Gasteiger partial charge >= 0.3 is 0 Å². The first-order valence-corrected chi connectivity index (χ1v) is 12.4. The average Bonchev–Trinajstić information content (AvgIpc) is 2.88. The summed E-state index contributed by atoms with van der Waals surface area (Å²) in [6, 6.07) is 9.35. The zero-order valence-corrected chi connectivity index (χ0v) is 18.4. The molecule has 0 aliphatic carbocycles. The van der Waals surface area contributed by atoms with E-state index in [1.165, 1.54) is 12.1 Å². The lowest BCUT2D eigenvalue weighted by Gasteiger charge is -2.33. The van der Waals surface area contributed by atoms with Crippen molar-refractivity contribution in [2.45, 2.75) is 46.5 Å². The minimum atomic E-state index is -1.51. The first kappa shape index (κ1) is 21.3. The number of nitrogens with zero attached hydrogens (tertiary/aromatic N) is 1. The average molecular weight is 418 g/mol. The Morgan fingerprint density at radius 2 is 1.52 bits per heavy atom. The van der Waals surface area contributed by atoms with Gasteiger partial charge in [-0.25, -0.2) is 8.78 Å². The largest absolute Gasteiger partial charge is 0.413 e. The molecule has 2 aromatic rings. The van der Waals surface area contributed by atoms with E-state index in [2.05, 4.69) is 0 Å². The van der Waals surface area contributed by atoms with Crippen LogP contribution in [0, 0.1) is 17.0 Å². The molecule has 1 heterocycles. The van der Waals surface area contributed by atoms with Crippen LogP contribution in [-0.2, 0) is 11.0 Å². The Kier molecular flexibility index (Phi) is 5.74. The van der Waals surface area contributed by atoms with Crippen molar-refractivity contribution in [2.24, 2.45) is 5.41 Å². The predicted octanol–water partition coefficient (Wildman–Crippen LogP) is 4.85. The summed E-state index contributed by atoms with van der Waals surface area (Å²) in [4.78, 5) is 26.0. The lowest BCUT2D eigenvalue weighted by atomic mass is 9.84. The summed E-state index contributed by atoms with van der Waals surface area (Å²) in [6.07, 6.45) is -0.586. The highest BCUT2D eigenvalue weighted by Crippen LogP contribution is 2.39. The van der Waals surface area contributed by atoms with Gasteiger partial charge in [-0.05, 0) is 30.6 Å². The number of hydrogen-bond donors (Lipinski definition) is 0. The minimum absolute atomic E-state index is 0.0461. The number of halogens is 2. The van der Waals surface area contributed by atoms with Gasteiger partial charge in [0.2, 0.25) is 0 Å². The fraction of sp³-hybridized carbons (Fsp3) is 0.364. The number of fused-ring (bicyclic) bond motifs is 1. The second-order valence-corrected chi connectivity index (χ2v) is 11.0. The van der Waals surface area contributed by atoms with E-state index >= 15 is 0 Å². The van der Waals surface area contributed by atoms with Gasteiger partial charge in [-0.3, -0.25) is 14.5 Å². The summed E-state index contributed by atoms with van der Waals surface area (Å²) < 4.78 is 35.9.